The molecule has 70 valence electrons. The first-order valence-corrected chi connectivity index (χ1v) is 4.93. The minimum atomic E-state index is 0.529. The van der Waals surface area contributed by atoms with Crippen molar-refractivity contribution in [2.75, 3.05) is 6.61 Å². The van der Waals surface area contributed by atoms with Crippen LogP contribution in [0, 0.1) is 12.8 Å². The monoisotopic (exact) mass is 176 g/mol. The average Bonchev–Trinajstić information content (AvgIpc) is 2.91. The van der Waals surface area contributed by atoms with Crippen LogP contribution in [0.15, 0.2) is 24.3 Å². The normalized spacial score (nSPS) is 22.8. The van der Waals surface area contributed by atoms with Gasteiger partial charge in [0.2, 0.25) is 0 Å². The van der Waals surface area contributed by atoms with E-state index in [0.717, 1.165) is 13.0 Å². The van der Waals surface area contributed by atoms with Crippen LogP contribution in [0.3, 0.4) is 0 Å². The molecule has 0 N–H and O–H groups in total. The molecule has 1 saturated heterocycles. The number of benzene rings is 1. The van der Waals surface area contributed by atoms with Gasteiger partial charge in [0.25, 0.3) is 0 Å². The first-order chi connectivity index (χ1) is 6.25. The molecule has 0 amide bonds. The van der Waals surface area contributed by atoms with Crippen LogP contribution in [-0.2, 0) is 11.2 Å². The molecule has 1 heteroatoms. The van der Waals surface area contributed by atoms with E-state index < -0.39 is 0 Å². The first-order valence-electron chi connectivity index (χ1n) is 4.93. The highest BCUT2D eigenvalue weighted by Gasteiger charge is 2.28. The predicted octanol–water partition coefficient (Wildman–Crippen LogP) is 2.57. The molecule has 0 bridgehead atoms. The minimum absolute atomic E-state index is 0.529. The lowest BCUT2D eigenvalue weighted by molar-refractivity contribution is 0.341. The van der Waals surface area contributed by atoms with Crippen molar-refractivity contribution in [2.24, 2.45) is 5.92 Å². The fraction of sp³-hybridized carbons (Fsp3) is 0.500. The molecule has 1 fully saturated rings. The molecule has 1 nitrogen and oxygen atoms in total. The summed E-state index contributed by atoms with van der Waals surface area (Å²) in [5.41, 5.74) is 2.76. The van der Waals surface area contributed by atoms with Crippen LogP contribution < -0.4 is 0 Å². The van der Waals surface area contributed by atoms with Crippen LogP contribution in [0.1, 0.15) is 18.1 Å². The molecule has 2 rings (SSSR count). The Morgan fingerprint density at radius 2 is 2.00 bits per heavy atom. The maximum absolute atomic E-state index is 5.27. The maximum Gasteiger partial charge on any atom is 0.0838 e. The Morgan fingerprint density at radius 3 is 2.54 bits per heavy atom. The third-order valence-corrected chi connectivity index (χ3v) is 2.67. The molecular weight excluding hydrogens is 160 g/mol. The van der Waals surface area contributed by atoms with E-state index in [1.165, 1.54) is 11.1 Å². The smallest absolute Gasteiger partial charge is 0.0838 e. The van der Waals surface area contributed by atoms with E-state index >= 15 is 0 Å². The van der Waals surface area contributed by atoms with E-state index in [9.17, 15) is 0 Å². The number of hydrogen-bond acceptors (Lipinski definition) is 1. The van der Waals surface area contributed by atoms with E-state index in [1.807, 2.05) is 0 Å². The molecular formula is C12H16O. The molecule has 1 aliphatic rings. The fourth-order valence-corrected chi connectivity index (χ4v) is 1.61. The lowest BCUT2D eigenvalue weighted by Gasteiger charge is -2.07. The SMILES string of the molecule is Cc1ccc(CC(C)C2CO2)cc1. The van der Waals surface area contributed by atoms with Crippen molar-refractivity contribution in [1.29, 1.82) is 0 Å². The summed E-state index contributed by atoms with van der Waals surface area (Å²) in [6.45, 7) is 5.35. The summed E-state index contributed by atoms with van der Waals surface area (Å²) >= 11 is 0. The van der Waals surface area contributed by atoms with Gasteiger partial charge in [-0.25, -0.2) is 0 Å². The number of rotatable bonds is 3. The minimum Gasteiger partial charge on any atom is -0.373 e. The highest BCUT2D eigenvalue weighted by molar-refractivity contribution is 5.21. The van der Waals surface area contributed by atoms with Gasteiger partial charge in [0, 0.05) is 0 Å². The molecule has 0 saturated carbocycles. The van der Waals surface area contributed by atoms with Crippen molar-refractivity contribution in [2.45, 2.75) is 26.4 Å². The molecule has 0 spiro atoms. The summed E-state index contributed by atoms with van der Waals surface area (Å²) in [6.07, 6.45) is 1.67. The molecule has 1 heterocycles. The highest BCUT2D eigenvalue weighted by Crippen LogP contribution is 2.23. The zero-order valence-corrected chi connectivity index (χ0v) is 8.29. The van der Waals surface area contributed by atoms with Crippen molar-refractivity contribution in [3.05, 3.63) is 35.4 Å². The third kappa shape index (κ3) is 2.31. The van der Waals surface area contributed by atoms with Crippen LogP contribution in [0.25, 0.3) is 0 Å². The van der Waals surface area contributed by atoms with E-state index in [0.29, 0.717) is 12.0 Å². The maximum atomic E-state index is 5.27. The van der Waals surface area contributed by atoms with E-state index in [1.54, 1.807) is 0 Å². The second-order valence-electron chi connectivity index (χ2n) is 4.04. The molecule has 0 radical (unpaired) electrons. The molecule has 0 aromatic heterocycles. The van der Waals surface area contributed by atoms with Crippen molar-refractivity contribution in [3.63, 3.8) is 0 Å². The molecule has 2 unspecified atom stereocenters. The number of aryl methyl sites for hydroxylation is 1. The average molecular weight is 176 g/mol. The second-order valence-corrected chi connectivity index (χ2v) is 4.04. The topological polar surface area (TPSA) is 12.5 Å². The first kappa shape index (κ1) is 8.76. The Morgan fingerprint density at radius 1 is 1.38 bits per heavy atom. The van der Waals surface area contributed by atoms with Gasteiger partial charge in [0.15, 0.2) is 0 Å². The summed E-state index contributed by atoms with van der Waals surface area (Å²) < 4.78 is 5.27. The lowest BCUT2D eigenvalue weighted by atomic mass is 9.98. The van der Waals surface area contributed by atoms with Crippen LogP contribution in [0.5, 0.6) is 0 Å². The Kier molecular flexibility index (Phi) is 2.36. The summed E-state index contributed by atoms with van der Waals surface area (Å²) in [7, 11) is 0. The van der Waals surface area contributed by atoms with Gasteiger partial charge >= 0.3 is 0 Å². The molecule has 0 aliphatic carbocycles. The van der Waals surface area contributed by atoms with Crippen LogP contribution in [-0.4, -0.2) is 12.7 Å². The second kappa shape index (κ2) is 3.51. The Bertz CT molecular complexity index is 272. The van der Waals surface area contributed by atoms with Gasteiger partial charge in [-0.05, 0) is 24.8 Å². The number of ether oxygens (including phenoxy) is 1. The van der Waals surface area contributed by atoms with Crippen molar-refractivity contribution >= 4 is 0 Å². The largest absolute Gasteiger partial charge is 0.373 e. The quantitative estimate of drug-likeness (QED) is 0.645. The van der Waals surface area contributed by atoms with E-state index in [2.05, 4.69) is 38.1 Å². The van der Waals surface area contributed by atoms with Crippen LogP contribution in [0.2, 0.25) is 0 Å². The molecule has 1 aliphatic heterocycles. The molecule has 2 atom stereocenters. The lowest BCUT2D eigenvalue weighted by Crippen LogP contribution is -2.06. The number of hydrogen-bond donors (Lipinski definition) is 0. The van der Waals surface area contributed by atoms with Crippen molar-refractivity contribution < 1.29 is 4.74 Å². The van der Waals surface area contributed by atoms with E-state index in [-0.39, 0.29) is 0 Å². The standard InChI is InChI=1S/C12H16O/c1-9-3-5-11(6-4-9)7-10(2)12-8-13-12/h3-6,10,12H,7-8H2,1-2H3. The van der Waals surface area contributed by atoms with Crippen LogP contribution in [0.4, 0.5) is 0 Å². The molecule has 1 aromatic carbocycles. The van der Waals surface area contributed by atoms with Gasteiger partial charge < -0.3 is 4.74 Å². The van der Waals surface area contributed by atoms with Crippen molar-refractivity contribution in [1.82, 2.24) is 0 Å². The predicted molar refractivity (Wildman–Crippen MR) is 53.8 cm³/mol. The van der Waals surface area contributed by atoms with Gasteiger partial charge in [-0.3, -0.25) is 0 Å². The Balaban J connectivity index is 1.96. The Labute approximate surface area is 79.7 Å². The van der Waals surface area contributed by atoms with Gasteiger partial charge in [-0.15, -0.1) is 0 Å². The number of epoxide rings is 1. The van der Waals surface area contributed by atoms with Gasteiger partial charge in [-0.1, -0.05) is 36.8 Å². The van der Waals surface area contributed by atoms with Gasteiger partial charge in [0.05, 0.1) is 12.7 Å². The summed E-state index contributed by atoms with van der Waals surface area (Å²) in [5.74, 6) is 0.669. The Hall–Kier alpha value is -0.820. The van der Waals surface area contributed by atoms with Gasteiger partial charge in [-0.2, -0.15) is 0 Å². The molecule has 13 heavy (non-hydrogen) atoms. The third-order valence-electron chi connectivity index (χ3n) is 2.67. The molecule has 1 aromatic rings. The van der Waals surface area contributed by atoms with Crippen molar-refractivity contribution in [3.8, 4) is 0 Å². The summed E-state index contributed by atoms with van der Waals surface area (Å²) in [5, 5.41) is 0. The van der Waals surface area contributed by atoms with Crippen LogP contribution >= 0.6 is 0 Å². The zero-order chi connectivity index (χ0) is 9.26. The van der Waals surface area contributed by atoms with E-state index in [4.69, 9.17) is 4.74 Å². The van der Waals surface area contributed by atoms with Gasteiger partial charge in [0.1, 0.15) is 0 Å². The highest BCUT2D eigenvalue weighted by atomic mass is 16.6. The summed E-state index contributed by atoms with van der Waals surface area (Å²) in [4.78, 5) is 0. The fourth-order valence-electron chi connectivity index (χ4n) is 1.61. The summed E-state index contributed by atoms with van der Waals surface area (Å²) in [6, 6.07) is 8.79. The zero-order valence-electron chi connectivity index (χ0n) is 8.29.